The number of aromatic nitrogens is 2. The van der Waals surface area contributed by atoms with Crippen LogP contribution in [0.25, 0.3) is 16.6 Å². The molecule has 3 aromatic rings. The van der Waals surface area contributed by atoms with Gasteiger partial charge < -0.3 is 0 Å². The molecule has 0 aliphatic rings. The summed E-state index contributed by atoms with van der Waals surface area (Å²) >= 11 is 0. The van der Waals surface area contributed by atoms with Gasteiger partial charge in [0, 0.05) is 0 Å². The van der Waals surface area contributed by atoms with E-state index < -0.39 is 5.82 Å². The summed E-state index contributed by atoms with van der Waals surface area (Å²) in [5.74, 6) is 0.00438. The number of hydrogen-bond donors (Lipinski definition) is 0. The Hall–Kier alpha value is -2.49. The molecular formula is C16H13FN2O. The number of fused-ring (bicyclic) bond motifs is 1. The third kappa shape index (κ3) is 1.81. The van der Waals surface area contributed by atoms with Crippen LogP contribution in [0.1, 0.15) is 11.4 Å². The molecule has 0 N–H and O–H groups in total. The van der Waals surface area contributed by atoms with Crippen molar-refractivity contribution in [2.24, 2.45) is 0 Å². The van der Waals surface area contributed by atoms with Crippen LogP contribution in [0, 0.1) is 19.7 Å². The number of nitrogens with zero attached hydrogens (tertiary/aromatic N) is 2. The van der Waals surface area contributed by atoms with E-state index in [0.717, 1.165) is 11.3 Å². The van der Waals surface area contributed by atoms with Crippen LogP contribution in [0.4, 0.5) is 4.39 Å². The molecule has 0 radical (unpaired) electrons. The van der Waals surface area contributed by atoms with Crippen LogP contribution in [-0.2, 0) is 0 Å². The minimum atomic E-state index is -0.540. The quantitative estimate of drug-likeness (QED) is 0.679. The van der Waals surface area contributed by atoms with Crippen molar-refractivity contribution in [3.05, 3.63) is 70.0 Å². The topological polar surface area (TPSA) is 34.9 Å². The molecule has 0 aliphatic heterocycles. The van der Waals surface area contributed by atoms with Gasteiger partial charge in [-0.2, -0.15) is 0 Å². The van der Waals surface area contributed by atoms with Crippen LogP contribution >= 0.6 is 0 Å². The van der Waals surface area contributed by atoms with Gasteiger partial charge in [0.05, 0.1) is 11.2 Å². The molecule has 0 saturated carbocycles. The first-order valence-corrected chi connectivity index (χ1v) is 6.33. The van der Waals surface area contributed by atoms with Crippen molar-refractivity contribution in [1.29, 1.82) is 0 Å². The lowest BCUT2D eigenvalue weighted by Crippen LogP contribution is -2.23. The fraction of sp³-hybridized carbons (Fsp3) is 0.125. The van der Waals surface area contributed by atoms with Gasteiger partial charge in [0.15, 0.2) is 0 Å². The molecule has 4 heteroatoms. The second-order valence-corrected chi connectivity index (χ2v) is 4.72. The second kappa shape index (κ2) is 4.56. The number of aryl methyl sites for hydroxylation is 2. The van der Waals surface area contributed by atoms with E-state index in [1.165, 1.54) is 10.6 Å². The van der Waals surface area contributed by atoms with Crippen molar-refractivity contribution < 1.29 is 4.39 Å². The predicted molar refractivity (Wildman–Crippen MR) is 76.8 cm³/mol. The van der Waals surface area contributed by atoms with E-state index in [1.807, 2.05) is 31.2 Å². The minimum Gasteiger partial charge on any atom is -0.268 e. The lowest BCUT2D eigenvalue weighted by atomic mass is 10.2. The van der Waals surface area contributed by atoms with Gasteiger partial charge in [-0.05, 0) is 37.6 Å². The van der Waals surface area contributed by atoms with Gasteiger partial charge in [-0.1, -0.05) is 24.3 Å². The zero-order valence-electron chi connectivity index (χ0n) is 11.2. The summed E-state index contributed by atoms with van der Waals surface area (Å²) in [5, 5.41) is 0.0290. The maximum atomic E-state index is 13.9. The van der Waals surface area contributed by atoms with Crippen molar-refractivity contribution in [1.82, 2.24) is 9.55 Å². The monoisotopic (exact) mass is 268 g/mol. The van der Waals surface area contributed by atoms with Gasteiger partial charge in [0.2, 0.25) is 0 Å². The summed E-state index contributed by atoms with van der Waals surface area (Å²) in [7, 11) is 0. The largest absolute Gasteiger partial charge is 0.268 e. The molecule has 3 rings (SSSR count). The van der Waals surface area contributed by atoms with Crippen LogP contribution in [-0.4, -0.2) is 9.55 Å². The first-order chi connectivity index (χ1) is 9.59. The molecule has 0 bridgehead atoms. The summed E-state index contributed by atoms with van der Waals surface area (Å²) in [6, 6.07) is 12.0. The third-order valence-electron chi connectivity index (χ3n) is 3.37. The zero-order valence-corrected chi connectivity index (χ0v) is 11.2. The Balaban J connectivity index is 2.47. The summed E-state index contributed by atoms with van der Waals surface area (Å²) in [6.07, 6.45) is 0. The molecule has 0 aliphatic carbocycles. The van der Waals surface area contributed by atoms with Crippen LogP contribution in [0.2, 0.25) is 0 Å². The highest BCUT2D eigenvalue weighted by Crippen LogP contribution is 2.17. The Morgan fingerprint density at radius 3 is 2.55 bits per heavy atom. The standard InChI is InChI=1S/C16H13FN2O/c1-10-6-3-4-9-14(10)19-11(2)18-13-8-5-7-12(17)15(13)16(19)20/h3-9H,1-2H3. The Kier molecular flexibility index (Phi) is 2.86. The highest BCUT2D eigenvalue weighted by atomic mass is 19.1. The van der Waals surface area contributed by atoms with E-state index in [-0.39, 0.29) is 10.9 Å². The molecule has 0 unspecified atom stereocenters. The van der Waals surface area contributed by atoms with Crippen molar-refractivity contribution in [3.8, 4) is 5.69 Å². The molecule has 1 aromatic heterocycles. The summed E-state index contributed by atoms with van der Waals surface area (Å²) in [6.45, 7) is 3.66. The fourth-order valence-corrected chi connectivity index (χ4v) is 2.40. The molecule has 3 nitrogen and oxygen atoms in total. The predicted octanol–water partition coefficient (Wildman–Crippen LogP) is 3.14. The highest BCUT2D eigenvalue weighted by molar-refractivity contribution is 5.78. The SMILES string of the molecule is Cc1ccccc1-n1c(C)nc2cccc(F)c2c1=O. The average molecular weight is 268 g/mol. The van der Waals surface area contributed by atoms with Crippen LogP contribution in [0.3, 0.4) is 0 Å². The van der Waals surface area contributed by atoms with Gasteiger partial charge in [-0.25, -0.2) is 9.37 Å². The molecule has 0 atom stereocenters. The summed E-state index contributed by atoms with van der Waals surface area (Å²) < 4.78 is 15.4. The molecular weight excluding hydrogens is 255 g/mol. The van der Waals surface area contributed by atoms with Gasteiger partial charge in [-0.15, -0.1) is 0 Å². The van der Waals surface area contributed by atoms with Crippen molar-refractivity contribution in [2.45, 2.75) is 13.8 Å². The van der Waals surface area contributed by atoms with Gasteiger partial charge in [-0.3, -0.25) is 9.36 Å². The van der Waals surface area contributed by atoms with Crippen molar-refractivity contribution in [3.63, 3.8) is 0 Å². The molecule has 0 saturated heterocycles. The van der Waals surface area contributed by atoms with E-state index in [1.54, 1.807) is 19.1 Å². The molecule has 0 fully saturated rings. The van der Waals surface area contributed by atoms with Crippen LogP contribution in [0.5, 0.6) is 0 Å². The Bertz CT molecular complexity index is 868. The first kappa shape index (κ1) is 12.5. The Morgan fingerprint density at radius 1 is 1.05 bits per heavy atom. The molecule has 0 spiro atoms. The molecule has 1 heterocycles. The normalized spacial score (nSPS) is 10.9. The second-order valence-electron chi connectivity index (χ2n) is 4.72. The molecule has 2 aromatic carbocycles. The number of rotatable bonds is 1. The van der Waals surface area contributed by atoms with Crippen LogP contribution in [0.15, 0.2) is 47.3 Å². The number of halogens is 1. The summed E-state index contributed by atoms with van der Waals surface area (Å²) in [4.78, 5) is 16.9. The molecule has 20 heavy (non-hydrogen) atoms. The minimum absolute atomic E-state index is 0.0290. The number of benzene rings is 2. The smallest absolute Gasteiger partial charge is 0.268 e. The van der Waals surface area contributed by atoms with Gasteiger partial charge in [0.25, 0.3) is 5.56 Å². The third-order valence-corrected chi connectivity index (χ3v) is 3.37. The van der Waals surface area contributed by atoms with Gasteiger partial charge >= 0.3 is 0 Å². The van der Waals surface area contributed by atoms with Crippen molar-refractivity contribution in [2.75, 3.05) is 0 Å². The Morgan fingerprint density at radius 2 is 1.80 bits per heavy atom. The lowest BCUT2D eigenvalue weighted by Gasteiger charge is -2.13. The average Bonchev–Trinajstić information content (AvgIpc) is 2.40. The lowest BCUT2D eigenvalue weighted by molar-refractivity contribution is 0.637. The van der Waals surface area contributed by atoms with Crippen LogP contribution < -0.4 is 5.56 Å². The first-order valence-electron chi connectivity index (χ1n) is 6.33. The fourth-order valence-electron chi connectivity index (χ4n) is 2.40. The maximum absolute atomic E-state index is 13.9. The van der Waals surface area contributed by atoms with E-state index >= 15 is 0 Å². The number of para-hydroxylation sites is 1. The maximum Gasteiger partial charge on any atom is 0.268 e. The van der Waals surface area contributed by atoms with E-state index in [2.05, 4.69) is 4.98 Å². The summed E-state index contributed by atoms with van der Waals surface area (Å²) in [5.41, 5.74) is 1.68. The highest BCUT2D eigenvalue weighted by Gasteiger charge is 2.13. The van der Waals surface area contributed by atoms with Crippen molar-refractivity contribution >= 4 is 10.9 Å². The van der Waals surface area contributed by atoms with E-state index in [0.29, 0.717) is 11.3 Å². The molecule has 0 amide bonds. The Labute approximate surface area is 115 Å². The number of hydrogen-bond acceptors (Lipinski definition) is 2. The van der Waals surface area contributed by atoms with E-state index in [4.69, 9.17) is 0 Å². The van der Waals surface area contributed by atoms with Gasteiger partial charge in [0.1, 0.15) is 17.0 Å². The molecule has 100 valence electrons. The van der Waals surface area contributed by atoms with E-state index in [9.17, 15) is 9.18 Å². The zero-order chi connectivity index (χ0) is 14.3.